The van der Waals surface area contributed by atoms with Gasteiger partial charge in [0.25, 0.3) is 0 Å². The summed E-state index contributed by atoms with van der Waals surface area (Å²) in [6.45, 7) is 6.00. The highest BCUT2D eigenvalue weighted by Crippen LogP contribution is 2.12. The van der Waals surface area contributed by atoms with E-state index in [0.29, 0.717) is 31.7 Å². The summed E-state index contributed by atoms with van der Waals surface area (Å²) in [5, 5.41) is 3.00. The van der Waals surface area contributed by atoms with Gasteiger partial charge in [0.15, 0.2) is 0 Å². The Bertz CT molecular complexity index is 269. The first kappa shape index (κ1) is 15.4. The van der Waals surface area contributed by atoms with E-state index in [4.69, 9.17) is 10.5 Å². The first-order chi connectivity index (χ1) is 8.41. The van der Waals surface area contributed by atoms with E-state index in [2.05, 4.69) is 24.1 Å². The number of nitrogens with zero attached hydrogens (tertiary/aromatic N) is 1. The van der Waals surface area contributed by atoms with Gasteiger partial charge in [0.2, 0.25) is 5.91 Å². The second-order valence-corrected chi connectivity index (χ2v) is 5.80. The van der Waals surface area contributed by atoms with Crippen molar-refractivity contribution in [1.29, 1.82) is 0 Å². The van der Waals surface area contributed by atoms with Crippen LogP contribution in [0.1, 0.15) is 20.3 Å². The van der Waals surface area contributed by atoms with Gasteiger partial charge in [0.05, 0.1) is 19.1 Å². The smallest absolute Gasteiger partial charge is 0.227 e. The number of rotatable bonds is 6. The fourth-order valence-electron chi connectivity index (χ4n) is 2.21. The molecule has 1 amide bonds. The minimum atomic E-state index is -0.188. The third-order valence-corrected chi connectivity index (χ3v) is 3.45. The van der Waals surface area contributed by atoms with Crippen LogP contribution in [0.3, 0.4) is 0 Å². The zero-order valence-corrected chi connectivity index (χ0v) is 12.0. The Morgan fingerprint density at radius 2 is 2.11 bits per heavy atom. The lowest BCUT2D eigenvalue weighted by Crippen LogP contribution is -2.46. The number of nitrogens with one attached hydrogen (secondary N) is 1. The van der Waals surface area contributed by atoms with Gasteiger partial charge in [-0.05, 0) is 26.4 Å². The largest absolute Gasteiger partial charge is 0.379 e. The number of nitrogens with two attached hydrogens (primary N) is 1. The molecule has 5 nitrogen and oxygen atoms in total. The number of hydrogen-bond acceptors (Lipinski definition) is 4. The molecule has 0 bridgehead atoms. The maximum Gasteiger partial charge on any atom is 0.227 e. The molecule has 0 spiro atoms. The molecule has 5 heteroatoms. The molecule has 1 fully saturated rings. The van der Waals surface area contributed by atoms with E-state index < -0.39 is 0 Å². The first-order valence-electron chi connectivity index (χ1n) is 6.69. The van der Waals surface area contributed by atoms with Crippen LogP contribution >= 0.6 is 0 Å². The lowest BCUT2D eigenvalue weighted by Gasteiger charge is -2.27. The van der Waals surface area contributed by atoms with Gasteiger partial charge in [-0.1, -0.05) is 13.8 Å². The van der Waals surface area contributed by atoms with Crippen LogP contribution in [-0.4, -0.2) is 56.7 Å². The molecular weight excluding hydrogens is 230 g/mol. The molecule has 1 aliphatic heterocycles. The Hall–Kier alpha value is -0.650. The van der Waals surface area contributed by atoms with Crippen molar-refractivity contribution in [2.45, 2.75) is 32.4 Å². The van der Waals surface area contributed by atoms with Crippen molar-refractivity contribution in [3.05, 3.63) is 0 Å². The van der Waals surface area contributed by atoms with E-state index in [-0.39, 0.29) is 17.9 Å². The summed E-state index contributed by atoms with van der Waals surface area (Å²) < 4.78 is 5.21. The molecule has 1 rings (SSSR count). The Labute approximate surface area is 110 Å². The van der Waals surface area contributed by atoms with Gasteiger partial charge in [0, 0.05) is 18.6 Å². The second kappa shape index (κ2) is 7.07. The molecular formula is C13H27N3O2. The number of carbonyl (C=O) groups is 1. The molecule has 3 atom stereocenters. The lowest BCUT2D eigenvalue weighted by atomic mass is 10.0. The van der Waals surface area contributed by atoms with Crippen molar-refractivity contribution in [3.63, 3.8) is 0 Å². The number of carbonyl (C=O) groups excluding carboxylic acids is 1. The van der Waals surface area contributed by atoms with Crippen LogP contribution in [0.15, 0.2) is 0 Å². The minimum absolute atomic E-state index is 0.0237. The Morgan fingerprint density at radius 3 is 2.56 bits per heavy atom. The fraction of sp³-hybridized carbons (Fsp3) is 0.923. The highest BCUT2D eigenvalue weighted by molar-refractivity contribution is 5.79. The summed E-state index contributed by atoms with van der Waals surface area (Å²) in [7, 11) is 4.09. The summed E-state index contributed by atoms with van der Waals surface area (Å²) in [4.78, 5) is 14.1. The van der Waals surface area contributed by atoms with Crippen LogP contribution in [0, 0.1) is 11.8 Å². The molecule has 0 aromatic heterocycles. The number of hydrogen-bond donors (Lipinski definition) is 2. The number of ether oxygens (including phenoxy) is 1. The second-order valence-electron chi connectivity index (χ2n) is 5.80. The molecule has 18 heavy (non-hydrogen) atoms. The SMILES string of the molecule is CC(C)CC(CNC(=O)C1COCC1N)N(C)C. The molecule has 106 valence electrons. The molecule has 1 heterocycles. The molecule has 1 aliphatic rings. The molecule has 3 unspecified atom stereocenters. The Balaban J connectivity index is 2.39. The molecule has 0 radical (unpaired) electrons. The first-order valence-corrected chi connectivity index (χ1v) is 6.69. The molecule has 0 saturated carbocycles. The highest BCUT2D eigenvalue weighted by atomic mass is 16.5. The maximum absolute atomic E-state index is 12.0. The van der Waals surface area contributed by atoms with E-state index in [1.54, 1.807) is 0 Å². The van der Waals surface area contributed by atoms with Crippen molar-refractivity contribution < 1.29 is 9.53 Å². The molecule has 1 saturated heterocycles. The maximum atomic E-state index is 12.0. The molecule has 0 aromatic carbocycles. The van der Waals surface area contributed by atoms with Crippen LogP contribution in [0.2, 0.25) is 0 Å². The Morgan fingerprint density at radius 1 is 1.44 bits per heavy atom. The molecule has 3 N–H and O–H groups in total. The van der Waals surface area contributed by atoms with Crippen molar-refractivity contribution in [3.8, 4) is 0 Å². The van der Waals surface area contributed by atoms with E-state index >= 15 is 0 Å². The van der Waals surface area contributed by atoms with Crippen molar-refractivity contribution in [2.24, 2.45) is 17.6 Å². The normalized spacial score (nSPS) is 25.7. The van der Waals surface area contributed by atoms with Gasteiger partial charge in [-0.25, -0.2) is 0 Å². The number of likely N-dealkylation sites (N-methyl/N-ethyl adjacent to an activating group) is 1. The minimum Gasteiger partial charge on any atom is -0.379 e. The Kier molecular flexibility index (Phi) is 6.05. The van der Waals surface area contributed by atoms with Crippen LogP contribution in [-0.2, 0) is 9.53 Å². The predicted molar refractivity (Wildman–Crippen MR) is 72.2 cm³/mol. The van der Waals surface area contributed by atoms with Crippen LogP contribution < -0.4 is 11.1 Å². The summed E-state index contributed by atoms with van der Waals surface area (Å²) in [5.41, 5.74) is 5.83. The average molecular weight is 257 g/mol. The van der Waals surface area contributed by atoms with E-state index in [0.717, 1.165) is 6.42 Å². The monoisotopic (exact) mass is 257 g/mol. The van der Waals surface area contributed by atoms with E-state index in [1.165, 1.54) is 0 Å². The average Bonchev–Trinajstić information content (AvgIpc) is 2.69. The quantitative estimate of drug-likeness (QED) is 0.706. The zero-order chi connectivity index (χ0) is 13.7. The summed E-state index contributed by atoms with van der Waals surface area (Å²) >= 11 is 0. The van der Waals surface area contributed by atoms with E-state index in [9.17, 15) is 4.79 Å². The lowest BCUT2D eigenvalue weighted by molar-refractivity contribution is -0.125. The van der Waals surface area contributed by atoms with Crippen LogP contribution in [0.25, 0.3) is 0 Å². The van der Waals surface area contributed by atoms with Gasteiger partial charge in [-0.3, -0.25) is 4.79 Å². The van der Waals surface area contributed by atoms with Crippen molar-refractivity contribution in [1.82, 2.24) is 10.2 Å². The van der Waals surface area contributed by atoms with Crippen molar-refractivity contribution >= 4 is 5.91 Å². The van der Waals surface area contributed by atoms with Crippen molar-refractivity contribution in [2.75, 3.05) is 33.9 Å². The standard InChI is InChI=1S/C13H27N3O2/c1-9(2)5-10(16(3)4)6-15-13(17)11-7-18-8-12(11)14/h9-12H,5-8,14H2,1-4H3,(H,15,17). The summed E-state index contributed by atoms with van der Waals surface area (Å²) in [6.07, 6.45) is 1.07. The van der Waals surface area contributed by atoms with Gasteiger partial charge < -0.3 is 20.7 Å². The van der Waals surface area contributed by atoms with Crippen LogP contribution in [0.4, 0.5) is 0 Å². The summed E-state index contributed by atoms with van der Waals surface area (Å²) in [6, 6.07) is 0.209. The third kappa shape index (κ3) is 4.55. The van der Waals surface area contributed by atoms with E-state index in [1.807, 2.05) is 14.1 Å². The zero-order valence-electron chi connectivity index (χ0n) is 12.0. The molecule has 0 aromatic rings. The van der Waals surface area contributed by atoms with Gasteiger partial charge in [-0.2, -0.15) is 0 Å². The third-order valence-electron chi connectivity index (χ3n) is 3.45. The number of amides is 1. The fourth-order valence-corrected chi connectivity index (χ4v) is 2.21. The summed E-state index contributed by atoms with van der Waals surface area (Å²) in [5.74, 6) is 0.453. The topological polar surface area (TPSA) is 67.6 Å². The highest BCUT2D eigenvalue weighted by Gasteiger charge is 2.31. The van der Waals surface area contributed by atoms with Gasteiger partial charge >= 0.3 is 0 Å². The van der Waals surface area contributed by atoms with Gasteiger partial charge in [-0.15, -0.1) is 0 Å². The van der Waals surface area contributed by atoms with Crippen LogP contribution in [0.5, 0.6) is 0 Å². The molecule has 0 aliphatic carbocycles. The predicted octanol–water partition coefficient (Wildman–Crippen LogP) is 0.0526. The van der Waals surface area contributed by atoms with Gasteiger partial charge in [0.1, 0.15) is 0 Å².